The van der Waals surface area contributed by atoms with Crippen LogP contribution in [-0.2, 0) is 14.4 Å². The monoisotopic (exact) mass is 923 g/mol. The molecular weight excluding hydrogens is 869 g/mol. The molecule has 2 aromatic carbocycles. The van der Waals surface area contributed by atoms with Gasteiger partial charge in [-0.25, -0.2) is 9.99 Å². The van der Waals surface area contributed by atoms with Crippen molar-refractivity contribution >= 4 is 64.3 Å². The first kappa shape index (κ1) is 44.6. The molecule has 6 aliphatic heterocycles. The van der Waals surface area contributed by atoms with E-state index >= 15 is 8.78 Å². The highest BCUT2D eigenvalue weighted by Crippen LogP contribution is 2.41. The first-order valence-corrected chi connectivity index (χ1v) is 23.4. The molecule has 7 heterocycles. The molecule has 3 aromatic rings. The number of hydrogen-bond acceptors (Lipinski definition) is 14. The lowest BCUT2D eigenvalue weighted by atomic mass is 9.78. The van der Waals surface area contributed by atoms with Crippen LogP contribution in [0.25, 0.3) is 0 Å². The number of nitrogens with one attached hydrogen (secondary N) is 3. The summed E-state index contributed by atoms with van der Waals surface area (Å²) in [4.78, 5) is 94.2. The molecule has 0 radical (unpaired) electrons. The standard InChI is InChI=1S/C47H55F2N11O7/c1-55-37-23-50-46(53-40(37)59(31-5-3-4-6-31)26-47(48,49)45(55)66)51-35-10-7-28(21-38(35)67-2)41(62)54-58-19-15-30(16-20-58)57-24-29(25-57)27-13-17-56(18-14-27)32-8-9-33-34(22-32)44(65)60(43(33)64)36-11-12-39(61)52-42(36)63/h7-10,21-23,27,29-31,36H,3-6,11-20,24-26H2,1-2H3,(H,54,62)(H,50,51,53)(H,52,61,63). The number of likely N-dealkylation sites (tertiary alicyclic amines) is 1. The number of imide groups is 2. The number of ether oxygens (including phenoxy) is 1. The molecule has 5 fully saturated rings. The van der Waals surface area contributed by atoms with E-state index in [0.29, 0.717) is 53.5 Å². The van der Waals surface area contributed by atoms with Gasteiger partial charge in [-0.1, -0.05) is 12.8 Å². The summed E-state index contributed by atoms with van der Waals surface area (Å²) in [5.74, 6) is -5.18. The van der Waals surface area contributed by atoms with Gasteiger partial charge < -0.3 is 24.8 Å². The Labute approximate surface area is 386 Å². The summed E-state index contributed by atoms with van der Waals surface area (Å²) in [5, 5.41) is 7.33. The number of fused-ring (bicyclic) bond motifs is 2. The largest absolute Gasteiger partial charge is 0.495 e. The van der Waals surface area contributed by atoms with Gasteiger partial charge in [-0.3, -0.25) is 49.3 Å². The average molecular weight is 924 g/mol. The maximum absolute atomic E-state index is 15.1. The minimum atomic E-state index is -3.58. The maximum atomic E-state index is 15.1. The molecule has 0 bridgehead atoms. The Morgan fingerprint density at radius 1 is 0.851 bits per heavy atom. The number of methoxy groups -OCH3 is 1. The van der Waals surface area contributed by atoms with Crippen molar-refractivity contribution in [2.75, 3.05) is 80.0 Å². The number of piperidine rings is 3. The summed E-state index contributed by atoms with van der Waals surface area (Å²) in [6.07, 6.45) is 8.80. The maximum Gasteiger partial charge on any atom is 0.342 e. The van der Waals surface area contributed by atoms with Crippen LogP contribution in [0.5, 0.6) is 5.75 Å². The zero-order valence-electron chi connectivity index (χ0n) is 37.6. The molecule has 20 heteroatoms. The number of nitrogens with zero attached hydrogens (tertiary/aromatic N) is 8. The summed E-state index contributed by atoms with van der Waals surface area (Å²) in [7, 11) is 2.80. The number of hydrogen-bond donors (Lipinski definition) is 3. The number of rotatable bonds is 10. The second-order valence-corrected chi connectivity index (χ2v) is 19.0. The van der Waals surface area contributed by atoms with Gasteiger partial charge in [-0.2, -0.15) is 13.8 Å². The van der Waals surface area contributed by atoms with Crippen LogP contribution in [0.1, 0.15) is 95.3 Å². The SMILES string of the molecule is COc1cc(C(=O)NN2CCC(N3CC(C4CCN(c5ccc6c(c5)C(=O)N(C5CCC(=O)NC5=O)C6=O)CC4)C3)CC2)ccc1Nc1ncc2c(n1)N(C1CCCC1)CC(F)(F)C(=O)N2C. The van der Waals surface area contributed by atoms with Crippen molar-refractivity contribution in [3.63, 3.8) is 0 Å². The van der Waals surface area contributed by atoms with Gasteiger partial charge in [-0.05, 0) is 93.2 Å². The van der Waals surface area contributed by atoms with Gasteiger partial charge >= 0.3 is 5.92 Å². The lowest BCUT2D eigenvalue weighted by Crippen LogP contribution is -2.59. The van der Waals surface area contributed by atoms with E-state index in [1.54, 1.807) is 35.2 Å². The summed E-state index contributed by atoms with van der Waals surface area (Å²) in [6, 6.07) is 9.61. The predicted octanol–water partition coefficient (Wildman–Crippen LogP) is 3.95. The molecule has 1 aromatic heterocycles. The molecule has 1 unspecified atom stereocenters. The predicted molar refractivity (Wildman–Crippen MR) is 241 cm³/mol. The van der Waals surface area contributed by atoms with Crippen LogP contribution in [0, 0.1) is 11.8 Å². The van der Waals surface area contributed by atoms with Crippen molar-refractivity contribution in [3.8, 4) is 5.75 Å². The number of benzene rings is 2. The lowest BCUT2D eigenvalue weighted by Gasteiger charge is -2.51. The third-order valence-corrected chi connectivity index (χ3v) is 15.0. The molecule has 0 spiro atoms. The van der Waals surface area contributed by atoms with E-state index < -0.39 is 48.0 Å². The van der Waals surface area contributed by atoms with Crippen molar-refractivity contribution in [2.45, 2.75) is 88.3 Å². The van der Waals surface area contributed by atoms with Crippen LogP contribution in [0.15, 0.2) is 42.6 Å². The Balaban J connectivity index is 0.687. The summed E-state index contributed by atoms with van der Waals surface area (Å²) < 4.78 is 35.8. The molecule has 3 N–H and O–H groups in total. The second kappa shape index (κ2) is 17.7. The average Bonchev–Trinajstić information content (AvgIpc) is 3.92. The fourth-order valence-corrected chi connectivity index (χ4v) is 11.1. The molecular formula is C47H55F2N11O7. The first-order valence-electron chi connectivity index (χ1n) is 23.4. The molecule has 4 saturated heterocycles. The number of carbonyl (C=O) groups is 6. The van der Waals surface area contributed by atoms with Crippen molar-refractivity contribution in [1.82, 2.24) is 35.5 Å². The highest BCUT2D eigenvalue weighted by Gasteiger charge is 2.49. The van der Waals surface area contributed by atoms with Crippen LogP contribution in [-0.4, -0.2) is 144 Å². The number of amides is 6. The third-order valence-electron chi connectivity index (χ3n) is 15.0. The Kier molecular flexibility index (Phi) is 11.8. The van der Waals surface area contributed by atoms with E-state index in [1.807, 2.05) is 11.1 Å². The summed E-state index contributed by atoms with van der Waals surface area (Å²) in [5.41, 5.74) is 5.62. The van der Waals surface area contributed by atoms with Crippen LogP contribution >= 0.6 is 0 Å². The van der Waals surface area contributed by atoms with Gasteiger partial charge in [0.05, 0.1) is 36.7 Å². The van der Waals surface area contributed by atoms with Gasteiger partial charge in [0.2, 0.25) is 17.8 Å². The molecule has 1 aliphatic carbocycles. The molecule has 10 rings (SSSR count). The molecule has 6 amide bonds. The Morgan fingerprint density at radius 3 is 2.30 bits per heavy atom. The number of hydrazine groups is 1. The van der Waals surface area contributed by atoms with Crippen LogP contribution < -0.4 is 35.5 Å². The van der Waals surface area contributed by atoms with E-state index in [2.05, 4.69) is 35.8 Å². The van der Waals surface area contributed by atoms with Crippen molar-refractivity contribution in [2.24, 2.45) is 11.8 Å². The molecule has 1 saturated carbocycles. The lowest BCUT2D eigenvalue weighted by molar-refractivity contribution is -0.140. The third kappa shape index (κ3) is 8.42. The van der Waals surface area contributed by atoms with Gasteiger partial charge in [0.1, 0.15) is 17.5 Å². The minimum absolute atomic E-state index is 0.0804. The quantitative estimate of drug-likeness (QED) is 0.248. The zero-order chi connectivity index (χ0) is 46.7. The highest BCUT2D eigenvalue weighted by atomic mass is 19.3. The molecule has 67 heavy (non-hydrogen) atoms. The van der Waals surface area contributed by atoms with Gasteiger partial charge in [-0.15, -0.1) is 0 Å². The molecule has 18 nitrogen and oxygen atoms in total. The zero-order valence-corrected chi connectivity index (χ0v) is 37.6. The molecule has 354 valence electrons. The van der Waals surface area contributed by atoms with Crippen LogP contribution in [0.4, 0.5) is 37.6 Å². The topological polar surface area (TPSA) is 193 Å². The number of carbonyl (C=O) groups excluding carboxylic acids is 6. The normalized spacial score (nSPS) is 23.5. The Morgan fingerprint density at radius 2 is 1.58 bits per heavy atom. The van der Waals surface area contributed by atoms with Crippen LogP contribution in [0.2, 0.25) is 0 Å². The smallest absolute Gasteiger partial charge is 0.342 e. The highest BCUT2D eigenvalue weighted by molar-refractivity contribution is 6.23. The van der Waals surface area contributed by atoms with E-state index in [4.69, 9.17) is 4.74 Å². The minimum Gasteiger partial charge on any atom is -0.495 e. The Hall–Kier alpha value is -6.28. The fourth-order valence-electron chi connectivity index (χ4n) is 11.1. The van der Waals surface area contributed by atoms with E-state index in [0.717, 1.165) is 93.0 Å². The van der Waals surface area contributed by atoms with Gasteiger partial charge in [0.25, 0.3) is 23.6 Å². The fraction of sp³-hybridized carbons (Fsp3) is 0.532. The van der Waals surface area contributed by atoms with Gasteiger partial charge in [0.15, 0.2) is 5.82 Å². The summed E-state index contributed by atoms with van der Waals surface area (Å²) >= 11 is 0. The van der Waals surface area contributed by atoms with E-state index in [-0.39, 0.29) is 47.8 Å². The van der Waals surface area contributed by atoms with Crippen molar-refractivity contribution < 1.29 is 42.3 Å². The number of aromatic nitrogens is 2. The molecule has 1 atom stereocenters. The van der Waals surface area contributed by atoms with Crippen molar-refractivity contribution in [1.29, 1.82) is 0 Å². The Bertz CT molecular complexity index is 2500. The summed E-state index contributed by atoms with van der Waals surface area (Å²) in [6.45, 7) is 4.47. The van der Waals surface area contributed by atoms with E-state index in [1.165, 1.54) is 20.4 Å². The van der Waals surface area contributed by atoms with E-state index in [9.17, 15) is 28.8 Å². The van der Waals surface area contributed by atoms with Gasteiger partial charge in [0, 0.05) is 76.1 Å². The van der Waals surface area contributed by atoms with Crippen LogP contribution in [0.3, 0.4) is 0 Å². The van der Waals surface area contributed by atoms with Crippen molar-refractivity contribution in [3.05, 3.63) is 59.3 Å². The number of alkyl halides is 2. The number of anilines is 5. The molecule has 7 aliphatic rings. The second-order valence-electron chi connectivity index (χ2n) is 19.0. The number of halogens is 2. The first-order chi connectivity index (χ1) is 32.3.